The molecule has 2 atom stereocenters. The van der Waals surface area contributed by atoms with Gasteiger partial charge in [0.2, 0.25) is 10.0 Å². The van der Waals surface area contributed by atoms with Crippen molar-refractivity contribution in [1.29, 1.82) is 0 Å². The van der Waals surface area contributed by atoms with E-state index in [4.69, 9.17) is 11.6 Å². The van der Waals surface area contributed by atoms with E-state index in [2.05, 4.69) is 14.9 Å². The molecule has 0 saturated carbocycles. The normalized spacial score (nSPS) is 23.4. The Morgan fingerprint density at radius 2 is 1.88 bits per heavy atom. The van der Waals surface area contributed by atoms with E-state index in [9.17, 15) is 8.42 Å². The predicted molar refractivity (Wildman–Crippen MR) is 96.4 cm³/mol. The number of aryl methyl sites for hydroxylation is 1. The minimum atomic E-state index is -3.54. The molecule has 3 fully saturated rings. The smallest absolute Gasteiger partial charge is 0.244 e. The lowest BCUT2D eigenvalue weighted by Crippen LogP contribution is -2.70. The highest BCUT2D eigenvalue weighted by atomic mass is 35.5. The van der Waals surface area contributed by atoms with Crippen LogP contribution >= 0.6 is 11.6 Å². The molecule has 3 saturated heterocycles. The number of nitrogens with zero attached hydrogens (tertiary/aromatic N) is 4. The van der Waals surface area contributed by atoms with E-state index < -0.39 is 10.0 Å². The van der Waals surface area contributed by atoms with Crippen LogP contribution in [-0.4, -0.2) is 47.9 Å². The van der Waals surface area contributed by atoms with Crippen molar-refractivity contribution in [2.75, 3.05) is 18.0 Å². The van der Waals surface area contributed by atoms with Gasteiger partial charge in [-0.15, -0.1) is 0 Å². The zero-order valence-electron chi connectivity index (χ0n) is 14.1. The summed E-state index contributed by atoms with van der Waals surface area (Å²) in [4.78, 5) is 10.9. The number of hydrogen-bond acceptors (Lipinski definition) is 5. The van der Waals surface area contributed by atoms with Crippen molar-refractivity contribution in [3.8, 4) is 0 Å². The van der Waals surface area contributed by atoms with Gasteiger partial charge in [0.25, 0.3) is 0 Å². The topological polar surface area (TPSA) is 66.4 Å². The second kappa shape index (κ2) is 5.93. The largest absolute Gasteiger partial charge is 0.353 e. The van der Waals surface area contributed by atoms with Crippen molar-refractivity contribution in [2.24, 2.45) is 0 Å². The number of fused-ring (bicyclic) bond motifs is 2. The van der Waals surface area contributed by atoms with Crippen LogP contribution in [0.1, 0.15) is 17.7 Å². The zero-order chi connectivity index (χ0) is 17.8. The minimum absolute atomic E-state index is 0.0302. The van der Waals surface area contributed by atoms with E-state index in [0.29, 0.717) is 28.6 Å². The highest BCUT2D eigenvalue weighted by molar-refractivity contribution is 7.89. The molecule has 0 N–H and O–H groups in total. The molecule has 8 heteroatoms. The van der Waals surface area contributed by atoms with Gasteiger partial charge in [0.05, 0.1) is 4.90 Å². The average Bonchev–Trinajstić information content (AvgIpc) is 2.57. The summed E-state index contributed by atoms with van der Waals surface area (Å²) in [6.45, 7) is 4.97. The molecular formula is C17H19ClN4O2S. The SMILES string of the molecule is Cc1cc(N2CC3CC(C2)N3S(=O)(=O)c2cccc(Cl)c2C)ncn1. The number of halogens is 1. The number of hydrogen-bond donors (Lipinski definition) is 0. The summed E-state index contributed by atoms with van der Waals surface area (Å²) in [6.07, 6.45) is 2.44. The second-order valence-electron chi connectivity index (χ2n) is 6.66. The highest BCUT2D eigenvalue weighted by Gasteiger charge is 2.51. The lowest BCUT2D eigenvalue weighted by Gasteiger charge is -2.55. The van der Waals surface area contributed by atoms with Gasteiger partial charge in [-0.3, -0.25) is 0 Å². The van der Waals surface area contributed by atoms with E-state index in [-0.39, 0.29) is 12.1 Å². The van der Waals surface area contributed by atoms with E-state index >= 15 is 0 Å². The summed E-state index contributed by atoms with van der Waals surface area (Å²) < 4.78 is 27.9. The third kappa shape index (κ3) is 2.70. The van der Waals surface area contributed by atoms with Crippen molar-refractivity contribution in [2.45, 2.75) is 37.2 Å². The molecular weight excluding hydrogens is 360 g/mol. The van der Waals surface area contributed by atoms with Crippen LogP contribution in [0.15, 0.2) is 35.5 Å². The first-order valence-electron chi connectivity index (χ1n) is 8.20. The Morgan fingerprint density at radius 3 is 2.56 bits per heavy atom. The second-order valence-corrected chi connectivity index (χ2v) is 8.88. The summed E-state index contributed by atoms with van der Waals surface area (Å²) in [5.41, 5.74) is 1.51. The van der Waals surface area contributed by atoms with Crippen molar-refractivity contribution >= 4 is 27.4 Å². The Morgan fingerprint density at radius 1 is 1.16 bits per heavy atom. The average molecular weight is 379 g/mol. The molecule has 0 aliphatic carbocycles. The summed E-state index contributed by atoms with van der Waals surface area (Å²) in [5.74, 6) is 0.859. The molecule has 2 aromatic rings. The molecule has 5 rings (SSSR count). The lowest BCUT2D eigenvalue weighted by molar-refractivity contribution is 0.0874. The van der Waals surface area contributed by atoms with Crippen LogP contribution in [0.5, 0.6) is 0 Å². The van der Waals surface area contributed by atoms with Gasteiger partial charge in [-0.2, -0.15) is 4.31 Å². The fraction of sp³-hybridized carbons (Fsp3) is 0.412. The van der Waals surface area contributed by atoms with Gasteiger partial charge < -0.3 is 4.90 Å². The molecule has 0 amide bonds. The van der Waals surface area contributed by atoms with Crippen LogP contribution in [0.25, 0.3) is 0 Å². The third-order valence-electron chi connectivity index (χ3n) is 5.01. The molecule has 3 aliphatic rings. The van der Waals surface area contributed by atoms with Gasteiger partial charge in [0, 0.05) is 42.0 Å². The standard InChI is InChI=1S/C17H19ClN4O2S/c1-11-6-17(20-10-19-11)21-8-13-7-14(9-21)22(13)25(23,24)16-5-3-4-15(18)12(16)2/h3-6,10,13-14H,7-9H2,1-2H3. The first kappa shape index (κ1) is 16.8. The lowest BCUT2D eigenvalue weighted by atomic mass is 9.91. The molecule has 4 heterocycles. The number of anilines is 1. The monoisotopic (exact) mass is 378 g/mol. The van der Waals surface area contributed by atoms with Crippen molar-refractivity contribution in [3.63, 3.8) is 0 Å². The van der Waals surface area contributed by atoms with Gasteiger partial charge in [-0.25, -0.2) is 18.4 Å². The molecule has 0 spiro atoms. The number of piperidine rings is 1. The van der Waals surface area contributed by atoms with Crippen LogP contribution in [-0.2, 0) is 10.0 Å². The van der Waals surface area contributed by atoms with Gasteiger partial charge in [-0.1, -0.05) is 17.7 Å². The fourth-order valence-electron chi connectivity index (χ4n) is 3.75. The number of rotatable bonds is 3. The van der Waals surface area contributed by atoms with Crippen molar-refractivity contribution in [1.82, 2.24) is 14.3 Å². The number of aromatic nitrogens is 2. The number of sulfonamides is 1. The third-order valence-corrected chi connectivity index (χ3v) is 7.57. The molecule has 1 aromatic heterocycles. The van der Waals surface area contributed by atoms with Crippen LogP contribution in [0.4, 0.5) is 5.82 Å². The summed E-state index contributed by atoms with van der Waals surface area (Å²) in [7, 11) is -3.54. The molecule has 25 heavy (non-hydrogen) atoms. The first-order chi connectivity index (χ1) is 11.9. The molecule has 0 radical (unpaired) electrons. The van der Waals surface area contributed by atoms with Gasteiger partial charge in [0.15, 0.2) is 0 Å². The summed E-state index contributed by atoms with van der Waals surface area (Å²) >= 11 is 6.12. The van der Waals surface area contributed by atoms with Crippen LogP contribution in [0, 0.1) is 13.8 Å². The Labute approximate surface area is 152 Å². The highest BCUT2D eigenvalue weighted by Crippen LogP contribution is 2.39. The van der Waals surface area contributed by atoms with E-state index in [1.807, 2.05) is 13.0 Å². The Bertz CT molecular complexity index is 922. The van der Waals surface area contributed by atoms with Crippen LogP contribution in [0.3, 0.4) is 0 Å². The first-order valence-corrected chi connectivity index (χ1v) is 10.0. The molecule has 132 valence electrons. The van der Waals surface area contributed by atoms with Gasteiger partial charge in [-0.05, 0) is 38.0 Å². The molecule has 3 aliphatic heterocycles. The summed E-state index contributed by atoms with van der Waals surface area (Å²) in [6, 6.07) is 6.91. The quantitative estimate of drug-likeness (QED) is 0.820. The maximum atomic E-state index is 13.1. The van der Waals surface area contributed by atoms with E-state index in [0.717, 1.165) is 17.9 Å². The Balaban J connectivity index is 1.60. The van der Waals surface area contributed by atoms with Gasteiger partial charge >= 0.3 is 0 Å². The maximum Gasteiger partial charge on any atom is 0.244 e. The maximum absolute atomic E-state index is 13.1. The van der Waals surface area contributed by atoms with Crippen molar-refractivity contribution in [3.05, 3.63) is 46.9 Å². The summed E-state index contributed by atoms with van der Waals surface area (Å²) in [5, 5.41) is 0.477. The number of benzene rings is 1. The Hall–Kier alpha value is -1.70. The molecule has 2 unspecified atom stereocenters. The molecule has 1 aromatic carbocycles. The Kier molecular flexibility index (Phi) is 3.97. The number of piperazine rings is 1. The van der Waals surface area contributed by atoms with E-state index in [1.54, 1.807) is 35.8 Å². The van der Waals surface area contributed by atoms with Gasteiger partial charge in [0.1, 0.15) is 12.1 Å². The molecule has 6 nitrogen and oxygen atoms in total. The van der Waals surface area contributed by atoms with Crippen molar-refractivity contribution < 1.29 is 8.42 Å². The molecule has 2 bridgehead atoms. The van der Waals surface area contributed by atoms with Crippen LogP contribution < -0.4 is 4.90 Å². The van der Waals surface area contributed by atoms with Crippen LogP contribution in [0.2, 0.25) is 5.02 Å². The zero-order valence-corrected chi connectivity index (χ0v) is 15.6. The van der Waals surface area contributed by atoms with E-state index in [1.165, 1.54) is 0 Å². The fourth-order valence-corrected chi connectivity index (χ4v) is 6.04. The predicted octanol–water partition coefficient (Wildman–Crippen LogP) is 2.40. The minimum Gasteiger partial charge on any atom is -0.353 e.